The van der Waals surface area contributed by atoms with Gasteiger partial charge in [0, 0.05) is 17.8 Å². The van der Waals surface area contributed by atoms with Gasteiger partial charge >= 0.3 is 0 Å². The average molecular weight is 256 g/mol. The fourth-order valence-corrected chi connectivity index (χ4v) is 1.93. The van der Waals surface area contributed by atoms with Crippen molar-refractivity contribution in [2.45, 2.75) is 27.7 Å². The summed E-state index contributed by atoms with van der Waals surface area (Å²) in [6, 6.07) is 8.18. The summed E-state index contributed by atoms with van der Waals surface area (Å²) in [6.07, 6.45) is 0. The fourth-order valence-electron chi connectivity index (χ4n) is 1.93. The number of nitrogens with one attached hydrogen (secondary N) is 2. The second-order valence-corrected chi connectivity index (χ2v) is 4.56. The van der Waals surface area contributed by atoms with Crippen LogP contribution in [-0.2, 0) is 0 Å². The second kappa shape index (κ2) is 5.69. The minimum absolute atomic E-state index is 0.762. The van der Waals surface area contributed by atoms with Gasteiger partial charge < -0.3 is 10.6 Å². The van der Waals surface area contributed by atoms with Gasteiger partial charge in [0.1, 0.15) is 17.5 Å². The number of para-hydroxylation sites is 1. The Hall–Kier alpha value is -2.10. The predicted octanol–water partition coefficient (Wildman–Crippen LogP) is 3.58. The molecule has 4 nitrogen and oxygen atoms in total. The molecule has 0 saturated carbocycles. The van der Waals surface area contributed by atoms with Gasteiger partial charge in [-0.3, -0.25) is 0 Å². The summed E-state index contributed by atoms with van der Waals surface area (Å²) in [5, 5.41) is 6.66. The summed E-state index contributed by atoms with van der Waals surface area (Å²) in [5.74, 6) is 2.52. The molecule has 0 aliphatic carbocycles. The molecule has 2 rings (SSSR count). The maximum Gasteiger partial charge on any atom is 0.139 e. The Labute approximate surface area is 114 Å². The molecular weight excluding hydrogens is 236 g/mol. The molecule has 1 heterocycles. The summed E-state index contributed by atoms with van der Waals surface area (Å²) < 4.78 is 0. The van der Waals surface area contributed by atoms with E-state index >= 15 is 0 Å². The van der Waals surface area contributed by atoms with E-state index in [2.05, 4.69) is 46.6 Å². The number of benzene rings is 1. The van der Waals surface area contributed by atoms with Gasteiger partial charge in [0.25, 0.3) is 0 Å². The van der Waals surface area contributed by atoms with E-state index in [4.69, 9.17) is 0 Å². The lowest BCUT2D eigenvalue weighted by atomic mass is 10.2. The topological polar surface area (TPSA) is 49.8 Å². The summed E-state index contributed by atoms with van der Waals surface area (Å²) in [5.41, 5.74) is 3.31. The molecular formula is C15H20N4. The van der Waals surface area contributed by atoms with Crippen molar-refractivity contribution in [1.29, 1.82) is 0 Å². The van der Waals surface area contributed by atoms with Crippen LogP contribution in [0.3, 0.4) is 0 Å². The number of hydrogen-bond acceptors (Lipinski definition) is 4. The van der Waals surface area contributed by atoms with Gasteiger partial charge in [-0.1, -0.05) is 18.2 Å². The van der Waals surface area contributed by atoms with Gasteiger partial charge in [0.2, 0.25) is 0 Å². The second-order valence-electron chi connectivity index (χ2n) is 4.56. The minimum atomic E-state index is 0.762. The molecule has 0 saturated heterocycles. The van der Waals surface area contributed by atoms with Crippen LogP contribution in [0.2, 0.25) is 0 Å². The highest BCUT2D eigenvalue weighted by Gasteiger charge is 2.09. The van der Waals surface area contributed by atoms with Gasteiger partial charge in [0.05, 0.1) is 0 Å². The van der Waals surface area contributed by atoms with Gasteiger partial charge in [0.15, 0.2) is 0 Å². The minimum Gasteiger partial charge on any atom is -0.370 e. The van der Waals surface area contributed by atoms with Crippen LogP contribution >= 0.6 is 0 Å². The number of anilines is 3. The molecule has 4 heteroatoms. The fraction of sp³-hybridized carbons (Fsp3) is 0.333. The summed E-state index contributed by atoms with van der Waals surface area (Å²) in [6.45, 7) is 8.92. The van der Waals surface area contributed by atoms with Crippen LogP contribution in [0.4, 0.5) is 17.3 Å². The van der Waals surface area contributed by atoms with E-state index < -0.39 is 0 Å². The Morgan fingerprint density at radius 2 is 1.68 bits per heavy atom. The van der Waals surface area contributed by atoms with Crippen molar-refractivity contribution >= 4 is 17.3 Å². The molecule has 0 amide bonds. The standard InChI is InChI=1S/C15H20N4/c1-5-16-14-11(3)15(18-12(4)17-14)19-13-9-7-6-8-10(13)2/h6-9H,5H2,1-4H3,(H2,16,17,18,19). The van der Waals surface area contributed by atoms with Crippen LogP contribution in [0.25, 0.3) is 0 Å². The number of nitrogens with zero attached hydrogens (tertiary/aromatic N) is 2. The van der Waals surface area contributed by atoms with Crippen molar-refractivity contribution in [2.24, 2.45) is 0 Å². The van der Waals surface area contributed by atoms with E-state index in [1.165, 1.54) is 5.56 Å². The molecule has 1 aromatic carbocycles. The first-order chi connectivity index (χ1) is 9.11. The average Bonchev–Trinajstić information content (AvgIpc) is 2.38. The van der Waals surface area contributed by atoms with Crippen LogP contribution in [0.1, 0.15) is 23.9 Å². The lowest BCUT2D eigenvalue weighted by Gasteiger charge is -2.14. The Morgan fingerprint density at radius 3 is 2.37 bits per heavy atom. The van der Waals surface area contributed by atoms with Crippen LogP contribution in [-0.4, -0.2) is 16.5 Å². The SMILES string of the molecule is CCNc1nc(C)nc(Nc2ccccc2C)c1C. The lowest BCUT2D eigenvalue weighted by Crippen LogP contribution is -2.08. The van der Waals surface area contributed by atoms with E-state index in [0.29, 0.717) is 0 Å². The largest absolute Gasteiger partial charge is 0.370 e. The molecule has 2 aromatic rings. The monoisotopic (exact) mass is 256 g/mol. The van der Waals surface area contributed by atoms with Gasteiger partial charge in [-0.05, 0) is 39.3 Å². The number of hydrogen-bond donors (Lipinski definition) is 2. The smallest absolute Gasteiger partial charge is 0.139 e. The third-order valence-corrected chi connectivity index (χ3v) is 3.00. The molecule has 0 unspecified atom stereocenters. The van der Waals surface area contributed by atoms with Crippen LogP contribution in [0.15, 0.2) is 24.3 Å². The van der Waals surface area contributed by atoms with Crippen molar-refractivity contribution in [3.8, 4) is 0 Å². The molecule has 0 atom stereocenters. The summed E-state index contributed by atoms with van der Waals surface area (Å²) >= 11 is 0. The molecule has 19 heavy (non-hydrogen) atoms. The van der Waals surface area contributed by atoms with Crippen LogP contribution < -0.4 is 10.6 Å². The maximum absolute atomic E-state index is 4.49. The first-order valence-corrected chi connectivity index (χ1v) is 6.53. The van der Waals surface area contributed by atoms with Gasteiger partial charge in [-0.25, -0.2) is 9.97 Å². The first kappa shape index (κ1) is 13.3. The lowest BCUT2D eigenvalue weighted by molar-refractivity contribution is 1.02. The van der Waals surface area contributed by atoms with Gasteiger partial charge in [-0.15, -0.1) is 0 Å². The Balaban J connectivity index is 2.37. The van der Waals surface area contributed by atoms with E-state index in [-0.39, 0.29) is 0 Å². The molecule has 0 bridgehead atoms. The molecule has 100 valence electrons. The Bertz CT molecular complexity index is 578. The van der Waals surface area contributed by atoms with Crippen LogP contribution in [0, 0.1) is 20.8 Å². The normalized spacial score (nSPS) is 10.3. The van der Waals surface area contributed by atoms with Crippen molar-refractivity contribution in [2.75, 3.05) is 17.2 Å². The quantitative estimate of drug-likeness (QED) is 0.878. The van der Waals surface area contributed by atoms with Crippen molar-refractivity contribution in [1.82, 2.24) is 9.97 Å². The van der Waals surface area contributed by atoms with Crippen molar-refractivity contribution in [3.63, 3.8) is 0 Å². The highest BCUT2D eigenvalue weighted by Crippen LogP contribution is 2.25. The van der Waals surface area contributed by atoms with Crippen molar-refractivity contribution in [3.05, 3.63) is 41.2 Å². The zero-order valence-electron chi connectivity index (χ0n) is 11.9. The number of aryl methyl sites for hydroxylation is 2. The summed E-state index contributed by atoms with van der Waals surface area (Å²) in [4.78, 5) is 8.91. The van der Waals surface area contributed by atoms with Crippen LogP contribution in [0.5, 0.6) is 0 Å². The molecule has 1 aromatic heterocycles. The molecule has 0 spiro atoms. The maximum atomic E-state index is 4.49. The molecule has 0 aliphatic heterocycles. The zero-order chi connectivity index (χ0) is 13.8. The van der Waals surface area contributed by atoms with Crippen molar-refractivity contribution < 1.29 is 0 Å². The first-order valence-electron chi connectivity index (χ1n) is 6.53. The Kier molecular flexibility index (Phi) is 4.00. The highest BCUT2D eigenvalue weighted by atomic mass is 15.1. The van der Waals surface area contributed by atoms with E-state index in [1.807, 2.05) is 26.0 Å². The van der Waals surface area contributed by atoms with E-state index in [1.54, 1.807) is 0 Å². The molecule has 0 radical (unpaired) electrons. The number of rotatable bonds is 4. The third kappa shape index (κ3) is 3.02. The van der Waals surface area contributed by atoms with E-state index in [9.17, 15) is 0 Å². The zero-order valence-corrected chi connectivity index (χ0v) is 11.9. The van der Waals surface area contributed by atoms with E-state index in [0.717, 1.165) is 35.3 Å². The van der Waals surface area contributed by atoms with Gasteiger partial charge in [-0.2, -0.15) is 0 Å². The molecule has 2 N–H and O–H groups in total. The number of aromatic nitrogens is 2. The Morgan fingerprint density at radius 1 is 1.00 bits per heavy atom. The molecule has 0 aliphatic rings. The summed E-state index contributed by atoms with van der Waals surface area (Å²) in [7, 11) is 0. The third-order valence-electron chi connectivity index (χ3n) is 3.00. The highest BCUT2D eigenvalue weighted by molar-refractivity contribution is 5.66. The predicted molar refractivity (Wildman–Crippen MR) is 80.1 cm³/mol. The molecule has 0 fully saturated rings.